The summed E-state index contributed by atoms with van der Waals surface area (Å²) in [7, 11) is 0. The molecule has 3 saturated carbocycles. The molecule has 3 fully saturated rings. The van der Waals surface area contributed by atoms with Crippen molar-refractivity contribution in [1.82, 2.24) is 10.3 Å². The van der Waals surface area contributed by atoms with Crippen LogP contribution in [0.5, 0.6) is 0 Å². The van der Waals surface area contributed by atoms with Crippen LogP contribution >= 0.6 is 0 Å². The van der Waals surface area contributed by atoms with Gasteiger partial charge in [-0.05, 0) is 68.1 Å². The summed E-state index contributed by atoms with van der Waals surface area (Å²) in [5.41, 5.74) is 2.55. The Hall–Kier alpha value is -1.19. The average Bonchev–Trinajstić information content (AvgIpc) is 3.12. The molecule has 4 aliphatic carbocycles. The van der Waals surface area contributed by atoms with Crippen molar-refractivity contribution in [3.05, 3.63) is 11.4 Å². The van der Waals surface area contributed by atoms with Gasteiger partial charge in [0.05, 0.1) is 0 Å². The summed E-state index contributed by atoms with van der Waals surface area (Å²) in [6.45, 7) is 4.75. The molecule has 1 aromatic rings. The molecule has 0 aromatic carbocycles. The second-order valence-electron chi connectivity index (χ2n) is 9.03. The van der Waals surface area contributed by atoms with E-state index in [0.29, 0.717) is 23.0 Å². The molecule has 0 aliphatic heterocycles. The minimum absolute atomic E-state index is 0.0142. The van der Waals surface area contributed by atoms with Crippen LogP contribution in [0.3, 0.4) is 0 Å². The molecule has 6 atom stereocenters. The van der Waals surface area contributed by atoms with Crippen LogP contribution in [0.2, 0.25) is 0 Å². The first kappa shape index (κ1) is 14.2. The molecule has 0 saturated heterocycles. The zero-order valence-electron chi connectivity index (χ0n) is 14.2. The largest absolute Gasteiger partial charge is 0.299 e. The van der Waals surface area contributed by atoms with Crippen LogP contribution in [-0.4, -0.2) is 16.1 Å². The number of rotatable bonds is 0. The summed E-state index contributed by atoms with van der Waals surface area (Å²) in [6, 6.07) is 0. The van der Waals surface area contributed by atoms with Crippen molar-refractivity contribution in [1.29, 1.82) is 0 Å². The number of aromatic nitrogens is 2. The second-order valence-corrected chi connectivity index (χ2v) is 9.03. The smallest absolute Gasteiger partial charge is 0.139 e. The Morgan fingerprint density at radius 3 is 2.74 bits per heavy atom. The first-order valence-corrected chi connectivity index (χ1v) is 9.39. The van der Waals surface area contributed by atoms with E-state index in [1.165, 1.54) is 25.7 Å². The average molecular weight is 314 g/mol. The molecule has 1 aromatic heterocycles. The molecular formula is C19H26N2O2. The molecule has 4 aliphatic rings. The lowest BCUT2D eigenvalue weighted by atomic mass is 9.45. The maximum absolute atomic E-state index is 12.5. The molecule has 0 N–H and O–H groups in total. The number of carbonyl (C=O) groups excluding carboxylic acids is 1. The normalized spacial score (nSPS) is 48.3. The summed E-state index contributed by atoms with van der Waals surface area (Å²) in [6.07, 6.45) is 8.94. The highest BCUT2D eigenvalue weighted by atomic mass is 16.6. The van der Waals surface area contributed by atoms with Crippen LogP contribution in [0.4, 0.5) is 0 Å². The van der Waals surface area contributed by atoms with E-state index in [-0.39, 0.29) is 5.41 Å². The Labute approximate surface area is 137 Å². The molecule has 0 spiro atoms. The quantitative estimate of drug-likeness (QED) is 0.728. The highest BCUT2D eigenvalue weighted by Gasteiger charge is 2.60. The Bertz CT molecular complexity index is 668. The van der Waals surface area contributed by atoms with Crippen LogP contribution < -0.4 is 0 Å². The van der Waals surface area contributed by atoms with Crippen molar-refractivity contribution < 1.29 is 9.42 Å². The summed E-state index contributed by atoms with van der Waals surface area (Å²) < 4.78 is 5.05. The van der Waals surface area contributed by atoms with Crippen LogP contribution in [0.1, 0.15) is 76.1 Å². The fourth-order valence-corrected chi connectivity index (χ4v) is 7.08. The van der Waals surface area contributed by atoms with E-state index < -0.39 is 0 Å². The topological polar surface area (TPSA) is 56.0 Å². The molecule has 4 heteroatoms. The number of fused-ring (bicyclic) bond motifs is 7. The van der Waals surface area contributed by atoms with E-state index in [1.54, 1.807) is 0 Å². The lowest BCUT2D eigenvalue weighted by Crippen LogP contribution is -2.52. The lowest BCUT2D eigenvalue weighted by molar-refractivity contribution is -0.135. The molecule has 4 nitrogen and oxygen atoms in total. The Balaban J connectivity index is 1.53. The van der Waals surface area contributed by atoms with E-state index in [9.17, 15) is 4.79 Å². The molecule has 0 bridgehead atoms. The highest BCUT2D eigenvalue weighted by Crippen LogP contribution is 2.66. The Kier molecular flexibility index (Phi) is 2.75. The number of aryl methyl sites for hydroxylation is 1. The number of Topliss-reactive ketones (excluding diaryl/α,β-unsaturated/α-hetero) is 1. The van der Waals surface area contributed by atoms with Gasteiger partial charge in [0.15, 0.2) is 0 Å². The maximum atomic E-state index is 12.5. The van der Waals surface area contributed by atoms with E-state index in [2.05, 4.69) is 24.2 Å². The fourth-order valence-electron chi connectivity index (χ4n) is 7.08. The predicted molar refractivity (Wildman–Crippen MR) is 84.8 cm³/mol. The van der Waals surface area contributed by atoms with Gasteiger partial charge in [-0.1, -0.05) is 24.2 Å². The summed E-state index contributed by atoms with van der Waals surface area (Å²) in [4.78, 5) is 12.5. The van der Waals surface area contributed by atoms with E-state index in [1.807, 2.05) is 0 Å². The molecular weight excluding hydrogens is 288 g/mol. The summed E-state index contributed by atoms with van der Waals surface area (Å²) in [5, 5.41) is 8.40. The molecule has 1 heterocycles. The molecule has 23 heavy (non-hydrogen) atoms. The Morgan fingerprint density at radius 2 is 1.87 bits per heavy atom. The van der Waals surface area contributed by atoms with E-state index in [0.717, 1.165) is 48.9 Å². The van der Waals surface area contributed by atoms with Gasteiger partial charge in [-0.3, -0.25) is 4.79 Å². The second kappa shape index (κ2) is 4.46. The highest BCUT2D eigenvalue weighted by molar-refractivity contribution is 5.87. The molecule has 3 unspecified atom stereocenters. The number of nitrogens with zero attached hydrogens (tertiary/aromatic N) is 2. The minimum Gasteiger partial charge on any atom is -0.299 e. The number of hydrogen-bond acceptors (Lipinski definition) is 4. The van der Waals surface area contributed by atoms with Gasteiger partial charge in [0.25, 0.3) is 0 Å². The van der Waals surface area contributed by atoms with Gasteiger partial charge in [-0.15, -0.1) is 0 Å². The SMILES string of the molecule is C[C@]12CCc3nonc3C1CC[C@@H]1C2CC[C@]2(C)C(=O)CCC12. The monoisotopic (exact) mass is 314 g/mol. The van der Waals surface area contributed by atoms with Crippen LogP contribution in [0.15, 0.2) is 4.63 Å². The molecule has 0 radical (unpaired) electrons. The van der Waals surface area contributed by atoms with E-state index in [4.69, 9.17) is 4.63 Å². The number of carbonyl (C=O) groups is 1. The first-order chi connectivity index (χ1) is 11.0. The lowest BCUT2D eigenvalue weighted by Gasteiger charge is -2.58. The zero-order valence-corrected chi connectivity index (χ0v) is 14.2. The predicted octanol–water partition coefficient (Wildman–Crippen LogP) is 3.91. The fraction of sp³-hybridized carbons (Fsp3) is 0.842. The van der Waals surface area contributed by atoms with Crippen molar-refractivity contribution in [3.8, 4) is 0 Å². The van der Waals surface area contributed by atoms with Crippen LogP contribution in [-0.2, 0) is 11.2 Å². The zero-order chi connectivity index (χ0) is 15.8. The Morgan fingerprint density at radius 1 is 1.00 bits per heavy atom. The van der Waals surface area contributed by atoms with Gasteiger partial charge in [-0.25, -0.2) is 4.63 Å². The van der Waals surface area contributed by atoms with Crippen molar-refractivity contribution in [2.45, 2.75) is 71.1 Å². The third-order valence-electron chi connectivity index (χ3n) is 8.39. The van der Waals surface area contributed by atoms with Gasteiger partial charge in [0.1, 0.15) is 17.2 Å². The van der Waals surface area contributed by atoms with Gasteiger partial charge in [0.2, 0.25) is 0 Å². The summed E-state index contributed by atoms with van der Waals surface area (Å²) in [5.74, 6) is 3.17. The maximum Gasteiger partial charge on any atom is 0.139 e. The molecule has 0 amide bonds. The van der Waals surface area contributed by atoms with Crippen molar-refractivity contribution in [2.24, 2.45) is 28.6 Å². The standard InChI is InChI=1S/C19H26N2O2/c1-18-10-8-15-17(21-23-20-15)14(18)4-3-11-12-5-6-16(22)19(12,2)9-7-13(11)18/h11-14H,3-10H2,1-2H3/t11-,12?,13?,14?,18+,19-/m0/s1. The van der Waals surface area contributed by atoms with Gasteiger partial charge >= 0.3 is 0 Å². The molecule has 124 valence electrons. The molecule has 5 rings (SSSR count). The van der Waals surface area contributed by atoms with Crippen LogP contribution in [0, 0.1) is 28.6 Å². The summed E-state index contributed by atoms with van der Waals surface area (Å²) >= 11 is 0. The third kappa shape index (κ3) is 1.65. The number of ketones is 1. The van der Waals surface area contributed by atoms with Crippen molar-refractivity contribution in [2.75, 3.05) is 0 Å². The number of hydrogen-bond donors (Lipinski definition) is 0. The van der Waals surface area contributed by atoms with Crippen molar-refractivity contribution >= 4 is 5.78 Å². The van der Waals surface area contributed by atoms with Crippen molar-refractivity contribution in [3.63, 3.8) is 0 Å². The third-order valence-corrected chi connectivity index (χ3v) is 8.39. The van der Waals surface area contributed by atoms with E-state index >= 15 is 0 Å². The van der Waals surface area contributed by atoms with Crippen LogP contribution in [0.25, 0.3) is 0 Å². The first-order valence-electron chi connectivity index (χ1n) is 9.39. The van der Waals surface area contributed by atoms with Gasteiger partial charge in [0, 0.05) is 17.8 Å². The van der Waals surface area contributed by atoms with Gasteiger partial charge in [-0.2, -0.15) is 0 Å². The van der Waals surface area contributed by atoms with Gasteiger partial charge < -0.3 is 0 Å². The minimum atomic E-state index is -0.0142.